The quantitative estimate of drug-likeness (QED) is 0.574. The highest BCUT2D eigenvalue weighted by atomic mass is 19.4. The summed E-state index contributed by atoms with van der Waals surface area (Å²) in [6.45, 7) is -1.26. The Morgan fingerprint density at radius 1 is 1.29 bits per heavy atom. The van der Waals surface area contributed by atoms with Crippen molar-refractivity contribution in [2.45, 2.75) is 20.3 Å². The third-order valence-corrected chi connectivity index (χ3v) is 2.55. The molecule has 0 bridgehead atoms. The lowest BCUT2D eigenvalue weighted by Gasteiger charge is -2.21. The Bertz CT molecular complexity index is 378. The van der Waals surface area contributed by atoms with E-state index in [2.05, 4.69) is 0 Å². The molecule has 0 heterocycles. The molecule has 0 aromatic heterocycles. The van der Waals surface area contributed by atoms with Crippen molar-refractivity contribution < 1.29 is 22.1 Å². The molecule has 0 aliphatic heterocycles. The zero-order valence-corrected chi connectivity index (χ0v) is 9.72. The van der Waals surface area contributed by atoms with Gasteiger partial charge >= 0.3 is 6.98 Å². The molecule has 0 amide bonds. The van der Waals surface area contributed by atoms with Gasteiger partial charge in [-0.15, -0.1) is 0 Å². The Morgan fingerprint density at radius 2 is 1.94 bits per heavy atom. The van der Waals surface area contributed by atoms with Gasteiger partial charge in [-0.2, -0.15) is 0 Å². The maximum absolute atomic E-state index is 12.9. The first-order chi connectivity index (χ1) is 7.84. The molecule has 1 unspecified atom stereocenters. The van der Waals surface area contributed by atoms with Gasteiger partial charge < -0.3 is 17.7 Å². The summed E-state index contributed by atoms with van der Waals surface area (Å²) in [5.41, 5.74) is -0.880. The zero-order valence-electron chi connectivity index (χ0n) is 9.72. The van der Waals surface area contributed by atoms with Crippen LogP contribution in [0.1, 0.15) is 20.3 Å². The van der Waals surface area contributed by atoms with Gasteiger partial charge in [-0.1, -0.05) is 31.8 Å². The summed E-state index contributed by atoms with van der Waals surface area (Å²) in [4.78, 5) is 0. The fourth-order valence-corrected chi connectivity index (χ4v) is 1.25. The van der Waals surface area contributed by atoms with Crippen molar-refractivity contribution in [2.75, 3.05) is 6.61 Å². The molecule has 96 valence electrons. The van der Waals surface area contributed by atoms with Crippen molar-refractivity contribution in [2.24, 2.45) is 5.92 Å². The normalized spacial score (nSPS) is 13.5. The van der Waals surface area contributed by atoms with Gasteiger partial charge in [-0.3, -0.25) is 0 Å². The van der Waals surface area contributed by atoms with Crippen LogP contribution < -0.4 is 10.2 Å². The summed E-state index contributed by atoms with van der Waals surface area (Å²) in [5.74, 6) is -1.02. The van der Waals surface area contributed by atoms with E-state index in [1.807, 2.05) is 13.8 Å². The highest BCUT2D eigenvalue weighted by molar-refractivity contribution is 6.74. The highest BCUT2D eigenvalue weighted by Crippen LogP contribution is 2.19. The second-order valence-corrected chi connectivity index (χ2v) is 4.08. The van der Waals surface area contributed by atoms with Crippen LogP contribution in [0.4, 0.5) is 17.3 Å². The Labute approximate surface area is 97.8 Å². The van der Waals surface area contributed by atoms with E-state index in [1.54, 1.807) is 0 Å². The Hall–Kier alpha value is -1.20. The van der Waals surface area contributed by atoms with Gasteiger partial charge in [0.15, 0.2) is 0 Å². The van der Waals surface area contributed by atoms with Gasteiger partial charge in [0.1, 0.15) is 5.82 Å². The van der Waals surface area contributed by atoms with E-state index >= 15 is 0 Å². The predicted molar refractivity (Wildman–Crippen MR) is 60.1 cm³/mol. The van der Waals surface area contributed by atoms with Crippen LogP contribution in [0.25, 0.3) is 0 Å². The lowest BCUT2D eigenvalue weighted by molar-refractivity contribution is 0.256. The van der Waals surface area contributed by atoms with Gasteiger partial charge in [-0.05, 0) is 12.0 Å². The van der Waals surface area contributed by atoms with Gasteiger partial charge in [0.25, 0.3) is 0 Å². The van der Waals surface area contributed by atoms with Crippen LogP contribution in [-0.4, -0.2) is 13.6 Å². The van der Waals surface area contributed by atoms with Crippen molar-refractivity contribution in [1.29, 1.82) is 0 Å². The van der Waals surface area contributed by atoms with Crippen molar-refractivity contribution in [3.8, 4) is 5.75 Å². The largest absolute Gasteiger partial charge is 0.513 e. The van der Waals surface area contributed by atoms with E-state index in [9.17, 15) is 17.3 Å². The molecule has 0 radical (unpaired) electrons. The third-order valence-electron chi connectivity index (χ3n) is 2.55. The van der Waals surface area contributed by atoms with E-state index in [0.717, 1.165) is 24.6 Å². The minimum absolute atomic E-state index is 0.131. The molecular weight excluding hydrogens is 235 g/mol. The van der Waals surface area contributed by atoms with Crippen LogP contribution >= 0.6 is 0 Å². The van der Waals surface area contributed by atoms with Crippen LogP contribution in [0, 0.1) is 11.7 Å². The third kappa shape index (κ3) is 3.95. The average molecular weight is 249 g/mol. The molecule has 17 heavy (non-hydrogen) atoms. The summed E-state index contributed by atoms with van der Waals surface area (Å²) < 4.78 is 55.9. The number of ether oxygens (including phenoxy) is 1. The molecule has 1 atom stereocenters. The minimum Gasteiger partial charge on any atom is -0.496 e. The van der Waals surface area contributed by atoms with Crippen molar-refractivity contribution in [3.05, 3.63) is 24.0 Å². The standard InChI is InChI=1S/C11H14BF4O/c1-3-8(2)7-17-11-6-9(13)4-5-10(11)12(14,15)16/h4-6,8H,3,7H2,1-2H3/q-1. The molecule has 1 aromatic carbocycles. The smallest absolute Gasteiger partial charge is 0.496 e. The summed E-state index contributed by atoms with van der Waals surface area (Å²) in [6.07, 6.45) is 0.793. The van der Waals surface area contributed by atoms with Crippen LogP contribution in [0.5, 0.6) is 5.75 Å². The average Bonchev–Trinajstić information content (AvgIpc) is 2.24. The number of benzene rings is 1. The van der Waals surface area contributed by atoms with Gasteiger partial charge in [-0.25, -0.2) is 4.39 Å². The maximum Gasteiger partial charge on any atom is 0.513 e. The van der Waals surface area contributed by atoms with Crippen LogP contribution in [-0.2, 0) is 0 Å². The molecule has 1 aromatic rings. The highest BCUT2D eigenvalue weighted by Gasteiger charge is 2.29. The van der Waals surface area contributed by atoms with E-state index in [4.69, 9.17) is 4.74 Å². The molecule has 0 saturated carbocycles. The molecular formula is C11H14BF4O-. The number of halogens is 4. The Morgan fingerprint density at radius 3 is 2.47 bits per heavy atom. The van der Waals surface area contributed by atoms with E-state index in [1.165, 1.54) is 0 Å². The molecule has 0 spiro atoms. The molecule has 1 rings (SSSR count). The van der Waals surface area contributed by atoms with E-state index < -0.39 is 24.0 Å². The van der Waals surface area contributed by atoms with Gasteiger partial charge in [0.2, 0.25) is 0 Å². The fourth-order valence-electron chi connectivity index (χ4n) is 1.25. The molecule has 0 fully saturated rings. The Kier molecular flexibility index (Phi) is 4.43. The van der Waals surface area contributed by atoms with Crippen LogP contribution in [0.15, 0.2) is 18.2 Å². The molecule has 0 aliphatic rings. The number of rotatable bonds is 5. The molecule has 0 N–H and O–H groups in total. The Balaban J connectivity index is 2.92. The summed E-state index contributed by atoms with van der Waals surface area (Å²) >= 11 is 0. The topological polar surface area (TPSA) is 9.23 Å². The molecule has 0 saturated heterocycles. The second kappa shape index (κ2) is 5.43. The number of hydrogen-bond acceptors (Lipinski definition) is 1. The molecule has 6 heteroatoms. The van der Waals surface area contributed by atoms with Gasteiger partial charge in [0.05, 0.1) is 12.4 Å². The lowest BCUT2D eigenvalue weighted by Crippen LogP contribution is -2.35. The first-order valence-electron chi connectivity index (χ1n) is 5.46. The maximum atomic E-state index is 12.9. The number of hydrogen-bond donors (Lipinski definition) is 0. The van der Waals surface area contributed by atoms with Crippen molar-refractivity contribution in [3.63, 3.8) is 0 Å². The van der Waals surface area contributed by atoms with E-state index in [-0.39, 0.29) is 12.5 Å². The zero-order chi connectivity index (χ0) is 13.1. The molecule has 0 aliphatic carbocycles. The first kappa shape index (κ1) is 13.9. The van der Waals surface area contributed by atoms with E-state index in [0.29, 0.717) is 0 Å². The summed E-state index contributed by atoms with van der Waals surface area (Å²) in [6, 6.07) is 2.30. The van der Waals surface area contributed by atoms with Crippen molar-refractivity contribution >= 4 is 12.4 Å². The van der Waals surface area contributed by atoms with Crippen LogP contribution in [0.2, 0.25) is 0 Å². The molecule has 1 nitrogen and oxygen atoms in total. The monoisotopic (exact) mass is 249 g/mol. The van der Waals surface area contributed by atoms with Crippen molar-refractivity contribution in [1.82, 2.24) is 0 Å². The first-order valence-corrected chi connectivity index (χ1v) is 5.46. The second-order valence-electron chi connectivity index (χ2n) is 4.08. The minimum atomic E-state index is -5.18. The lowest BCUT2D eigenvalue weighted by atomic mass is 9.79. The predicted octanol–water partition coefficient (Wildman–Crippen LogP) is 3.31. The van der Waals surface area contributed by atoms with Gasteiger partial charge in [0, 0.05) is 6.07 Å². The SMILES string of the molecule is CCC(C)COc1cc(F)ccc1[B-](F)(F)F. The summed E-state index contributed by atoms with van der Waals surface area (Å²) in [7, 11) is 0. The fraction of sp³-hybridized carbons (Fsp3) is 0.455. The summed E-state index contributed by atoms with van der Waals surface area (Å²) in [5, 5.41) is 0. The van der Waals surface area contributed by atoms with Crippen LogP contribution in [0.3, 0.4) is 0 Å².